The number of nitrogen functional groups attached to an aromatic ring is 1. The zero-order valence-electron chi connectivity index (χ0n) is 10.3. The van der Waals surface area contributed by atoms with Crippen LogP contribution in [0.3, 0.4) is 0 Å². The van der Waals surface area contributed by atoms with Crippen molar-refractivity contribution in [3.05, 3.63) is 60.2 Å². The molecular weight excluding hydrogens is 238 g/mol. The Labute approximate surface area is 110 Å². The van der Waals surface area contributed by atoms with Crippen molar-refractivity contribution in [2.45, 2.75) is 6.61 Å². The van der Waals surface area contributed by atoms with Crippen molar-refractivity contribution in [3.8, 4) is 5.88 Å². The smallest absolute Gasteiger partial charge is 0.215 e. The first-order valence-corrected chi connectivity index (χ1v) is 6.01. The lowest BCUT2D eigenvalue weighted by Crippen LogP contribution is -1.98. The van der Waals surface area contributed by atoms with Crippen LogP contribution in [0.25, 0.3) is 11.0 Å². The number of rotatable bonds is 3. The zero-order chi connectivity index (χ0) is 13.1. The molecule has 0 aliphatic rings. The highest BCUT2D eigenvalue weighted by molar-refractivity contribution is 5.76. The SMILES string of the molecule is Nc1ccc2ccc(OCc3ccccc3)nc2n1. The predicted molar refractivity (Wildman–Crippen MR) is 74.7 cm³/mol. The third-order valence-electron chi connectivity index (χ3n) is 2.78. The fraction of sp³-hybridized carbons (Fsp3) is 0.0667. The van der Waals surface area contributed by atoms with Gasteiger partial charge in [0.1, 0.15) is 12.4 Å². The van der Waals surface area contributed by atoms with E-state index in [1.807, 2.05) is 48.5 Å². The van der Waals surface area contributed by atoms with Gasteiger partial charge in [-0.15, -0.1) is 0 Å². The molecule has 0 aliphatic carbocycles. The molecule has 3 rings (SSSR count). The van der Waals surface area contributed by atoms with E-state index in [2.05, 4.69) is 9.97 Å². The van der Waals surface area contributed by atoms with Crippen LogP contribution in [0.2, 0.25) is 0 Å². The first kappa shape index (κ1) is 11.5. The summed E-state index contributed by atoms with van der Waals surface area (Å²) < 4.78 is 5.65. The van der Waals surface area contributed by atoms with Crippen molar-refractivity contribution in [1.29, 1.82) is 0 Å². The zero-order valence-corrected chi connectivity index (χ0v) is 10.3. The molecule has 2 heterocycles. The molecule has 3 aromatic rings. The van der Waals surface area contributed by atoms with Crippen LogP contribution in [0.1, 0.15) is 5.56 Å². The Morgan fingerprint density at radius 1 is 0.895 bits per heavy atom. The summed E-state index contributed by atoms with van der Waals surface area (Å²) in [6.45, 7) is 0.488. The number of nitrogens with two attached hydrogens (primary N) is 1. The van der Waals surface area contributed by atoms with Gasteiger partial charge < -0.3 is 10.5 Å². The highest BCUT2D eigenvalue weighted by Crippen LogP contribution is 2.17. The van der Waals surface area contributed by atoms with Gasteiger partial charge in [0, 0.05) is 11.5 Å². The number of aromatic nitrogens is 2. The summed E-state index contributed by atoms with van der Waals surface area (Å²) >= 11 is 0. The number of nitrogens with zero attached hydrogens (tertiary/aromatic N) is 2. The largest absolute Gasteiger partial charge is 0.473 e. The number of ether oxygens (including phenoxy) is 1. The normalized spacial score (nSPS) is 10.5. The minimum atomic E-state index is 0.459. The Bertz CT molecular complexity index is 698. The molecule has 19 heavy (non-hydrogen) atoms. The van der Waals surface area contributed by atoms with Gasteiger partial charge in [-0.25, -0.2) is 4.98 Å². The maximum absolute atomic E-state index is 5.65. The van der Waals surface area contributed by atoms with E-state index in [0.29, 0.717) is 24.0 Å². The molecule has 2 aromatic heterocycles. The lowest BCUT2D eigenvalue weighted by atomic mass is 10.2. The maximum Gasteiger partial charge on any atom is 0.215 e. The first-order chi connectivity index (χ1) is 9.31. The van der Waals surface area contributed by atoms with Crippen LogP contribution in [0.4, 0.5) is 5.82 Å². The minimum Gasteiger partial charge on any atom is -0.473 e. The van der Waals surface area contributed by atoms with E-state index in [-0.39, 0.29) is 0 Å². The van der Waals surface area contributed by atoms with Gasteiger partial charge in [0.05, 0.1) is 0 Å². The van der Waals surface area contributed by atoms with Gasteiger partial charge in [0.15, 0.2) is 5.65 Å². The van der Waals surface area contributed by atoms with Crippen molar-refractivity contribution in [1.82, 2.24) is 9.97 Å². The highest BCUT2D eigenvalue weighted by Gasteiger charge is 2.01. The average Bonchev–Trinajstić information content (AvgIpc) is 2.46. The van der Waals surface area contributed by atoms with Crippen LogP contribution in [-0.2, 0) is 6.61 Å². The predicted octanol–water partition coefficient (Wildman–Crippen LogP) is 2.79. The molecule has 1 aromatic carbocycles. The third kappa shape index (κ3) is 2.63. The Morgan fingerprint density at radius 2 is 1.68 bits per heavy atom. The van der Waals surface area contributed by atoms with Gasteiger partial charge in [-0.1, -0.05) is 30.3 Å². The van der Waals surface area contributed by atoms with E-state index in [4.69, 9.17) is 10.5 Å². The van der Waals surface area contributed by atoms with Crippen molar-refractivity contribution >= 4 is 16.9 Å². The number of fused-ring (bicyclic) bond motifs is 1. The van der Waals surface area contributed by atoms with Crippen LogP contribution in [0.5, 0.6) is 5.88 Å². The number of hydrogen-bond donors (Lipinski definition) is 1. The second kappa shape index (κ2) is 4.94. The molecule has 0 unspecified atom stereocenters. The first-order valence-electron chi connectivity index (χ1n) is 6.01. The second-order valence-electron chi connectivity index (χ2n) is 4.21. The van der Waals surface area contributed by atoms with Gasteiger partial charge in [-0.05, 0) is 23.8 Å². The summed E-state index contributed by atoms with van der Waals surface area (Å²) in [4.78, 5) is 8.52. The quantitative estimate of drug-likeness (QED) is 0.777. The van der Waals surface area contributed by atoms with E-state index in [1.165, 1.54) is 0 Å². The molecular formula is C15H13N3O. The molecule has 0 bridgehead atoms. The van der Waals surface area contributed by atoms with Gasteiger partial charge in [0.2, 0.25) is 5.88 Å². The summed E-state index contributed by atoms with van der Waals surface area (Å²) in [5.41, 5.74) is 7.35. The van der Waals surface area contributed by atoms with Crippen LogP contribution in [0.15, 0.2) is 54.6 Å². The van der Waals surface area contributed by atoms with Crippen molar-refractivity contribution in [2.24, 2.45) is 0 Å². The van der Waals surface area contributed by atoms with Crippen molar-refractivity contribution in [3.63, 3.8) is 0 Å². The summed E-state index contributed by atoms with van der Waals surface area (Å²) in [5.74, 6) is 1.01. The molecule has 0 saturated carbocycles. The summed E-state index contributed by atoms with van der Waals surface area (Å²) in [7, 11) is 0. The molecule has 0 radical (unpaired) electrons. The Hall–Kier alpha value is -2.62. The van der Waals surface area contributed by atoms with E-state index in [0.717, 1.165) is 10.9 Å². The topological polar surface area (TPSA) is 61.0 Å². The minimum absolute atomic E-state index is 0.459. The molecule has 0 spiro atoms. The summed E-state index contributed by atoms with van der Waals surface area (Å²) in [5, 5.41) is 0.946. The van der Waals surface area contributed by atoms with E-state index in [9.17, 15) is 0 Å². The number of benzene rings is 1. The van der Waals surface area contributed by atoms with Gasteiger partial charge in [0.25, 0.3) is 0 Å². The van der Waals surface area contributed by atoms with Crippen molar-refractivity contribution < 1.29 is 4.74 Å². The highest BCUT2D eigenvalue weighted by atomic mass is 16.5. The van der Waals surface area contributed by atoms with Crippen molar-refractivity contribution in [2.75, 3.05) is 5.73 Å². The molecule has 2 N–H and O–H groups in total. The fourth-order valence-corrected chi connectivity index (χ4v) is 1.81. The van der Waals surface area contributed by atoms with Crippen LogP contribution < -0.4 is 10.5 Å². The van der Waals surface area contributed by atoms with Gasteiger partial charge in [-0.2, -0.15) is 4.98 Å². The average molecular weight is 251 g/mol. The molecule has 0 amide bonds. The van der Waals surface area contributed by atoms with Gasteiger partial charge in [-0.3, -0.25) is 0 Å². The lowest BCUT2D eigenvalue weighted by molar-refractivity contribution is 0.295. The number of anilines is 1. The molecule has 4 heteroatoms. The molecule has 0 atom stereocenters. The fourth-order valence-electron chi connectivity index (χ4n) is 1.81. The maximum atomic E-state index is 5.65. The number of pyridine rings is 2. The van der Waals surface area contributed by atoms with E-state index in [1.54, 1.807) is 6.07 Å². The Morgan fingerprint density at radius 3 is 2.53 bits per heavy atom. The van der Waals surface area contributed by atoms with Crippen LogP contribution >= 0.6 is 0 Å². The molecule has 0 aliphatic heterocycles. The third-order valence-corrected chi connectivity index (χ3v) is 2.78. The van der Waals surface area contributed by atoms with E-state index >= 15 is 0 Å². The molecule has 0 fully saturated rings. The second-order valence-corrected chi connectivity index (χ2v) is 4.21. The molecule has 94 valence electrons. The monoisotopic (exact) mass is 251 g/mol. The van der Waals surface area contributed by atoms with Crippen LogP contribution in [-0.4, -0.2) is 9.97 Å². The summed E-state index contributed by atoms with van der Waals surface area (Å²) in [6, 6.07) is 17.4. The van der Waals surface area contributed by atoms with Crippen LogP contribution in [0, 0.1) is 0 Å². The molecule has 4 nitrogen and oxygen atoms in total. The summed E-state index contributed by atoms with van der Waals surface area (Å²) in [6.07, 6.45) is 0. The number of hydrogen-bond acceptors (Lipinski definition) is 4. The molecule has 0 saturated heterocycles. The van der Waals surface area contributed by atoms with Gasteiger partial charge >= 0.3 is 0 Å². The lowest BCUT2D eigenvalue weighted by Gasteiger charge is -2.06. The Balaban J connectivity index is 1.81. The Kier molecular flexibility index (Phi) is 2.98. The van der Waals surface area contributed by atoms with E-state index < -0.39 is 0 Å². The standard InChI is InChI=1S/C15H13N3O/c16-13-8-6-12-7-9-14(18-15(12)17-13)19-10-11-4-2-1-3-5-11/h1-9H,10H2,(H2,16,17,18).